The summed E-state index contributed by atoms with van der Waals surface area (Å²) >= 11 is 0. The molecule has 0 bridgehead atoms. The number of nitrogens with one attached hydrogen (secondary N) is 1. The van der Waals surface area contributed by atoms with E-state index in [9.17, 15) is 0 Å². The predicted molar refractivity (Wildman–Crippen MR) is 65.2 cm³/mol. The molecular formula is C12H17N5. The highest BCUT2D eigenvalue weighted by Gasteiger charge is 2.07. The van der Waals surface area contributed by atoms with Gasteiger partial charge in [-0.05, 0) is 13.8 Å². The van der Waals surface area contributed by atoms with Gasteiger partial charge < -0.3 is 5.32 Å². The fraction of sp³-hybridized carbons (Fsp3) is 0.417. The molecule has 2 heterocycles. The summed E-state index contributed by atoms with van der Waals surface area (Å²) in [7, 11) is 1.92. The first kappa shape index (κ1) is 11.7. The van der Waals surface area contributed by atoms with Gasteiger partial charge >= 0.3 is 0 Å². The zero-order valence-electron chi connectivity index (χ0n) is 10.4. The second kappa shape index (κ2) is 5.05. The van der Waals surface area contributed by atoms with Crippen molar-refractivity contribution in [2.24, 2.45) is 7.05 Å². The zero-order chi connectivity index (χ0) is 12.3. The maximum absolute atomic E-state index is 4.30. The number of hydrogen-bond acceptors (Lipinski definition) is 4. The van der Waals surface area contributed by atoms with Crippen LogP contribution < -0.4 is 5.32 Å². The molecule has 90 valence electrons. The number of aryl methyl sites for hydroxylation is 2. The minimum absolute atomic E-state index is 0.256. The molecule has 0 radical (unpaired) electrons. The largest absolute Gasteiger partial charge is 0.304 e. The van der Waals surface area contributed by atoms with E-state index in [0.29, 0.717) is 6.54 Å². The Kier molecular flexibility index (Phi) is 3.49. The lowest BCUT2D eigenvalue weighted by molar-refractivity contribution is 0.565. The van der Waals surface area contributed by atoms with Gasteiger partial charge in [-0.15, -0.1) is 0 Å². The summed E-state index contributed by atoms with van der Waals surface area (Å²) in [5.41, 5.74) is 3.06. The van der Waals surface area contributed by atoms with Gasteiger partial charge in [0.15, 0.2) is 0 Å². The first-order valence-electron chi connectivity index (χ1n) is 5.64. The topological polar surface area (TPSA) is 55.6 Å². The average Bonchev–Trinajstić information content (AvgIpc) is 2.75. The van der Waals surface area contributed by atoms with Crippen molar-refractivity contribution in [3.8, 4) is 0 Å². The van der Waals surface area contributed by atoms with Crippen LogP contribution in [0.3, 0.4) is 0 Å². The first-order chi connectivity index (χ1) is 8.15. The molecular weight excluding hydrogens is 214 g/mol. The van der Waals surface area contributed by atoms with Gasteiger partial charge in [-0.1, -0.05) is 0 Å². The van der Waals surface area contributed by atoms with Crippen molar-refractivity contribution >= 4 is 0 Å². The van der Waals surface area contributed by atoms with Crippen molar-refractivity contribution in [1.29, 1.82) is 0 Å². The van der Waals surface area contributed by atoms with E-state index in [0.717, 1.165) is 11.4 Å². The number of rotatable bonds is 4. The highest BCUT2D eigenvalue weighted by Crippen LogP contribution is 2.10. The van der Waals surface area contributed by atoms with Gasteiger partial charge in [-0.3, -0.25) is 14.6 Å². The van der Waals surface area contributed by atoms with Gasteiger partial charge in [0, 0.05) is 43.8 Å². The van der Waals surface area contributed by atoms with E-state index in [2.05, 4.69) is 27.3 Å². The van der Waals surface area contributed by atoms with Crippen LogP contribution in [0.15, 0.2) is 24.8 Å². The molecule has 0 fully saturated rings. The second-order valence-electron chi connectivity index (χ2n) is 4.20. The standard InChI is InChI=1S/C12H17N5/c1-9-4-15-12(6-13-9)7-14-10(2)11-5-16-17(3)8-11/h4-6,8,10,14H,7H2,1-3H3. The van der Waals surface area contributed by atoms with Crippen molar-refractivity contribution in [3.63, 3.8) is 0 Å². The van der Waals surface area contributed by atoms with Gasteiger partial charge in [-0.2, -0.15) is 5.10 Å². The number of nitrogens with zero attached hydrogens (tertiary/aromatic N) is 4. The molecule has 0 spiro atoms. The van der Waals surface area contributed by atoms with E-state index in [-0.39, 0.29) is 6.04 Å². The molecule has 5 heteroatoms. The average molecular weight is 231 g/mol. The third kappa shape index (κ3) is 3.10. The van der Waals surface area contributed by atoms with Crippen LogP contribution in [0.5, 0.6) is 0 Å². The maximum Gasteiger partial charge on any atom is 0.0724 e. The molecule has 0 saturated carbocycles. The third-order valence-electron chi connectivity index (χ3n) is 2.65. The highest BCUT2D eigenvalue weighted by molar-refractivity contribution is 5.09. The van der Waals surface area contributed by atoms with E-state index >= 15 is 0 Å². The number of hydrogen-bond donors (Lipinski definition) is 1. The summed E-state index contributed by atoms with van der Waals surface area (Å²) in [5.74, 6) is 0. The van der Waals surface area contributed by atoms with Crippen LogP contribution >= 0.6 is 0 Å². The Morgan fingerprint density at radius 3 is 2.71 bits per heavy atom. The zero-order valence-corrected chi connectivity index (χ0v) is 10.4. The highest BCUT2D eigenvalue weighted by atomic mass is 15.2. The molecule has 1 atom stereocenters. The van der Waals surface area contributed by atoms with Crippen molar-refractivity contribution in [2.45, 2.75) is 26.4 Å². The Morgan fingerprint density at radius 2 is 2.12 bits per heavy atom. The predicted octanol–water partition coefficient (Wildman–Crippen LogP) is 1.37. The Balaban J connectivity index is 1.92. The molecule has 0 aromatic carbocycles. The van der Waals surface area contributed by atoms with Gasteiger partial charge in [0.05, 0.1) is 17.6 Å². The van der Waals surface area contributed by atoms with Crippen molar-refractivity contribution < 1.29 is 0 Å². The SMILES string of the molecule is Cc1cnc(CNC(C)c2cnn(C)c2)cn1. The smallest absolute Gasteiger partial charge is 0.0724 e. The molecule has 1 N–H and O–H groups in total. The van der Waals surface area contributed by atoms with Crippen molar-refractivity contribution in [1.82, 2.24) is 25.1 Å². The monoisotopic (exact) mass is 231 g/mol. The molecule has 2 aromatic heterocycles. The lowest BCUT2D eigenvalue weighted by Gasteiger charge is -2.11. The van der Waals surface area contributed by atoms with Crippen LogP contribution in [-0.2, 0) is 13.6 Å². The Morgan fingerprint density at radius 1 is 1.29 bits per heavy atom. The van der Waals surface area contributed by atoms with Crippen LogP contribution in [0.25, 0.3) is 0 Å². The molecule has 0 aliphatic rings. The minimum atomic E-state index is 0.256. The van der Waals surface area contributed by atoms with E-state index in [1.807, 2.05) is 26.4 Å². The molecule has 0 amide bonds. The lowest BCUT2D eigenvalue weighted by atomic mass is 10.2. The van der Waals surface area contributed by atoms with Crippen LogP contribution in [0.4, 0.5) is 0 Å². The lowest BCUT2D eigenvalue weighted by Crippen LogP contribution is -2.18. The van der Waals surface area contributed by atoms with E-state index in [1.54, 1.807) is 17.1 Å². The molecule has 5 nitrogen and oxygen atoms in total. The van der Waals surface area contributed by atoms with Gasteiger partial charge in [0.25, 0.3) is 0 Å². The van der Waals surface area contributed by atoms with E-state index in [1.165, 1.54) is 5.56 Å². The van der Waals surface area contributed by atoms with E-state index in [4.69, 9.17) is 0 Å². The molecule has 0 saturated heterocycles. The van der Waals surface area contributed by atoms with Crippen LogP contribution in [-0.4, -0.2) is 19.7 Å². The molecule has 2 rings (SSSR count). The summed E-state index contributed by atoms with van der Waals surface area (Å²) in [5, 5.41) is 7.55. The minimum Gasteiger partial charge on any atom is -0.304 e. The summed E-state index contributed by atoms with van der Waals surface area (Å²) < 4.78 is 1.80. The Hall–Kier alpha value is -1.75. The van der Waals surface area contributed by atoms with Gasteiger partial charge in [0.1, 0.15) is 0 Å². The van der Waals surface area contributed by atoms with Gasteiger partial charge in [0.2, 0.25) is 0 Å². The Labute approximate surface area is 101 Å². The Bertz CT molecular complexity index is 474. The summed E-state index contributed by atoms with van der Waals surface area (Å²) in [6, 6.07) is 0.256. The quantitative estimate of drug-likeness (QED) is 0.863. The molecule has 17 heavy (non-hydrogen) atoms. The summed E-state index contributed by atoms with van der Waals surface area (Å²) in [6.45, 7) is 4.75. The van der Waals surface area contributed by atoms with Crippen LogP contribution in [0.1, 0.15) is 29.9 Å². The molecule has 2 aromatic rings. The van der Waals surface area contributed by atoms with Crippen LogP contribution in [0, 0.1) is 6.92 Å². The fourth-order valence-electron chi connectivity index (χ4n) is 1.55. The third-order valence-corrected chi connectivity index (χ3v) is 2.65. The molecule has 0 aliphatic carbocycles. The summed E-state index contributed by atoms with van der Waals surface area (Å²) in [4.78, 5) is 8.52. The van der Waals surface area contributed by atoms with Crippen LogP contribution in [0.2, 0.25) is 0 Å². The van der Waals surface area contributed by atoms with Crippen molar-refractivity contribution in [2.75, 3.05) is 0 Å². The summed E-state index contributed by atoms with van der Waals surface area (Å²) in [6.07, 6.45) is 7.47. The van der Waals surface area contributed by atoms with E-state index < -0.39 is 0 Å². The van der Waals surface area contributed by atoms with Crippen molar-refractivity contribution in [3.05, 3.63) is 41.7 Å². The normalized spacial score (nSPS) is 12.6. The first-order valence-corrected chi connectivity index (χ1v) is 5.64. The second-order valence-corrected chi connectivity index (χ2v) is 4.20. The fourth-order valence-corrected chi connectivity index (χ4v) is 1.55. The number of aromatic nitrogens is 4. The van der Waals surface area contributed by atoms with Gasteiger partial charge in [-0.25, -0.2) is 0 Å². The maximum atomic E-state index is 4.30. The molecule has 1 unspecified atom stereocenters. The molecule has 0 aliphatic heterocycles.